The number of benzene rings is 2. The molecule has 150 valence electrons. The molecule has 0 bridgehead atoms. The van der Waals surface area contributed by atoms with Crippen LogP contribution in [0.25, 0.3) is 0 Å². The van der Waals surface area contributed by atoms with E-state index in [1.54, 1.807) is 0 Å². The monoisotopic (exact) mass is 380 g/mol. The summed E-state index contributed by atoms with van der Waals surface area (Å²) in [5, 5.41) is 0. The number of hydrogen-bond acceptors (Lipinski definition) is 3. The van der Waals surface area contributed by atoms with Gasteiger partial charge in [-0.15, -0.1) is 0 Å². The van der Waals surface area contributed by atoms with Crippen LogP contribution in [0.4, 0.5) is 0 Å². The summed E-state index contributed by atoms with van der Waals surface area (Å²) in [4.78, 5) is 12.5. The molecule has 3 rings (SSSR count). The Morgan fingerprint density at radius 2 is 1.57 bits per heavy atom. The lowest BCUT2D eigenvalue weighted by Crippen LogP contribution is -2.37. The third kappa shape index (κ3) is 4.76. The van der Waals surface area contributed by atoms with Crippen molar-refractivity contribution in [3.8, 4) is 5.75 Å². The van der Waals surface area contributed by atoms with Crippen molar-refractivity contribution in [2.75, 3.05) is 6.61 Å². The molecule has 1 atom stereocenters. The maximum Gasteiger partial charge on any atom is 0.347 e. The van der Waals surface area contributed by atoms with Crippen molar-refractivity contribution < 1.29 is 14.3 Å². The third-order valence-corrected chi connectivity index (χ3v) is 5.93. The molecule has 2 aromatic carbocycles. The molecule has 1 aliphatic carbocycles. The Labute approximate surface area is 169 Å². The molecular formula is C25H32O3. The summed E-state index contributed by atoms with van der Waals surface area (Å²) in [6.07, 6.45) is 5.12. The van der Waals surface area contributed by atoms with Gasteiger partial charge in [0.25, 0.3) is 0 Å². The van der Waals surface area contributed by atoms with Crippen LogP contribution in [0.2, 0.25) is 0 Å². The van der Waals surface area contributed by atoms with Crippen molar-refractivity contribution in [1.29, 1.82) is 0 Å². The zero-order valence-corrected chi connectivity index (χ0v) is 17.3. The van der Waals surface area contributed by atoms with Crippen LogP contribution in [-0.4, -0.2) is 18.7 Å². The molecule has 0 radical (unpaired) electrons. The van der Waals surface area contributed by atoms with Gasteiger partial charge in [-0.3, -0.25) is 0 Å². The summed E-state index contributed by atoms with van der Waals surface area (Å²) >= 11 is 0. The van der Waals surface area contributed by atoms with Gasteiger partial charge in [0.2, 0.25) is 0 Å². The summed E-state index contributed by atoms with van der Waals surface area (Å²) in [6.45, 7) is 6.68. The van der Waals surface area contributed by atoms with Crippen LogP contribution in [0.3, 0.4) is 0 Å². The minimum atomic E-state index is -0.506. The Kier molecular flexibility index (Phi) is 6.77. The highest BCUT2D eigenvalue weighted by Gasteiger charge is 2.33. The lowest BCUT2D eigenvalue weighted by molar-refractivity contribution is -0.154. The lowest BCUT2D eigenvalue weighted by atomic mass is 9.78. The first-order chi connectivity index (χ1) is 13.5. The third-order valence-electron chi connectivity index (χ3n) is 5.93. The van der Waals surface area contributed by atoms with Crippen LogP contribution in [0, 0.1) is 5.92 Å². The molecule has 28 heavy (non-hydrogen) atoms. The molecule has 3 heteroatoms. The average molecular weight is 381 g/mol. The fraction of sp³-hybridized carbons (Fsp3) is 0.480. The molecule has 0 aliphatic heterocycles. The summed E-state index contributed by atoms with van der Waals surface area (Å²) < 4.78 is 11.5. The molecule has 1 aliphatic rings. The first-order valence-electron chi connectivity index (χ1n) is 10.5. The van der Waals surface area contributed by atoms with Gasteiger partial charge in [0.15, 0.2) is 6.10 Å². The number of ether oxygens (including phenoxy) is 2. The van der Waals surface area contributed by atoms with E-state index in [0.29, 0.717) is 6.61 Å². The Morgan fingerprint density at radius 1 is 0.964 bits per heavy atom. The highest BCUT2D eigenvalue weighted by atomic mass is 16.6. The van der Waals surface area contributed by atoms with E-state index in [0.717, 1.165) is 31.4 Å². The van der Waals surface area contributed by atoms with Crippen LogP contribution < -0.4 is 4.74 Å². The Morgan fingerprint density at radius 3 is 2.18 bits per heavy atom. The minimum Gasteiger partial charge on any atom is -0.478 e. The van der Waals surface area contributed by atoms with E-state index in [1.165, 1.54) is 17.5 Å². The van der Waals surface area contributed by atoms with Crippen molar-refractivity contribution in [2.45, 2.75) is 64.4 Å². The smallest absolute Gasteiger partial charge is 0.347 e. The van der Waals surface area contributed by atoms with Gasteiger partial charge < -0.3 is 9.47 Å². The molecular weight excluding hydrogens is 348 g/mol. The molecule has 3 nitrogen and oxygen atoms in total. The van der Waals surface area contributed by atoms with Gasteiger partial charge in [0.1, 0.15) is 5.75 Å². The molecule has 0 aromatic heterocycles. The minimum absolute atomic E-state index is 0.0935. The Balaban J connectivity index is 1.76. The zero-order chi connectivity index (χ0) is 20.0. The zero-order valence-electron chi connectivity index (χ0n) is 17.3. The summed E-state index contributed by atoms with van der Waals surface area (Å²) in [7, 11) is 0. The molecule has 0 amide bonds. The Bertz CT molecular complexity index is 743. The van der Waals surface area contributed by atoms with E-state index in [2.05, 4.69) is 50.2 Å². The predicted molar refractivity (Wildman–Crippen MR) is 113 cm³/mol. The SMILES string of the molecule is CCOC(=O)C(Oc1ccc(C(C)(C)c2ccccc2)cc1)C1CCCCC1. The maximum absolute atomic E-state index is 12.5. The van der Waals surface area contributed by atoms with Crippen LogP contribution in [0.1, 0.15) is 64.0 Å². The van der Waals surface area contributed by atoms with Gasteiger partial charge in [-0.05, 0) is 43.0 Å². The number of carbonyl (C=O) groups is 1. The van der Waals surface area contributed by atoms with Crippen LogP contribution in [-0.2, 0) is 14.9 Å². The van der Waals surface area contributed by atoms with E-state index >= 15 is 0 Å². The molecule has 0 heterocycles. The highest BCUT2D eigenvalue weighted by Crippen LogP contribution is 2.34. The van der Waals surface area contributed by atoms with E-state index < -0.39 is 6.10 Å². The van der Waals surface area contributed by atoms with Crippen molar-refractivity contribution in [3.05, 3.63) is 65.7 Å². The second-order valence-corrected chi connectivity index (χ2v) is 8.20. The molecule has 0 N–H and O–H groups in total. The summed E-state index contributed by atoms with van der Waals surface area (Å²) in [5.41, 5.74) is 2.40. The fourth-order valence-corrected chi connectivity index (χ4v) is 4.12. The van der Waals surface area contributed by atoms with Crippen molar-refractivity contribution in [1.82, 2.24) is 0 Å². The first kappa shape index (κ1) is 20.4. The van der Waals surface area contributed by atoms with Gasteiger partial charge in [-0.25, -0.2) is 4.79 Å². The maximum atomic E-state index is 12.5. The van der Waals surface area contributed by atoms with E-state index in [-0.39, 0.29) is 17.3 Å². The fourth-order valence-electron chi connectivity index (χ4n) is 4.12. The molecule has 1 fully saturated rings. The lowest BCUT2D eigenvalue weighted by Gasteiger charge is -2.29. The van der Waals surface area contributed by atoms with E-state index in [9.17, 15) is 4.79 Å². The standard InChI is InChI=1S/C25H32O3/c1-4-27-24(26)23(19-11-7-5-8-12-19)28-22-17-15-21(16-18-22)25(2,3)20-13-9-6-10-14-20/h6,9-10,13-19,23H,4-5,7-8,11-12H2,1-3H3. The van der Waals surface area contributed by atoms with Gasteiger partial charge in [-0.1, -0.05) is 75.6 Å². The molecule has 0 spiro atoms. The van der Waals surface area contributed by atoms with Gasteiger partial charge >= 0.3 is 5.97 Å². The van der Waals surface area contributed by atoms with Crippen LogP contribution in [0.15, 0.2) is 54.6 Å². The van der Waals surface area contributed by atoms with Gasteiger partial charge in [0, 0.05) is 11.3 Å². The van der Waals surface area contributed by atoms with Gasteiger partial charge in [0.05, 0.1) is 6.61 Å². The van der Waals surface area contributed by atoms with Crippen LogP contribution >= 0.6 is 0 Å². The van der Waals surface area contributed by atoms with E-state index in [1.807, 2.05) is 25.1 Å². The van der Waals surface area contributed by atoms with Crippen molar-refractivity contribution in [2.24, 2.45) is 5.92 Å². The summed E-state index contributed by atoms with van der Waals surface area (Å²) in [5.74, 6) is 0.743. The Hall–Kier alpha value is -2.29. The van der Waals surface area contributed by atoms with Crippen molar-refractivity contribution >= 4 is 5.97 Å². The topological polar surface area (TPSA) is 35.5 Å². The molecule has 0 saturated heterocycles. The van der Waals surface area contributed by atoms with Crippen LogP contribution in [0.5, 0.6) is 5.75 Å². The van der Waals surface area contributed by atoms with Gasteiger partial charge in [-0.2, -0.15) is 0 Å². The number of esters is 1. The second-order valence-electron chi connectivity index (χ2n) is 8.20. The molecule has 1 saturated carbocycles. The van der Waals surface area contributed by atoms with E-state index in [4.69, 9.17) is 9.47 Å². The number of carbonyl (C=O) groups excluding carboxylic acids is 1. The average Bonchev–Trinajstić information content (AvgIpc) is 2.74. The predicted octanol–water partition coefficient (Wildman–Crippen LogP) is 5.90. The summed E-state index contributed by atoms with van der Waals surface area (Å²) in [6, 6.07) is 18.7. The quantitative estimate of drug-likeness (QED) is 0.561. The number of hydrogen-bond donors (Lipinski definition) is 0. The molecule has 2 aromatic rings. The molecule has 1 unspecified atom stereocenters. The second kappa shape index (κ2) is 9.27. The normalized spacial score (nSPS) is 16.4. The van der Waals surface area contributed by atoms with Crippen molar-refractivity contribution in [3.63, 3.8) is 0 Å². The highest BCUT2D eigenvalue weighted by molar-refractivity contribution is 5.75. The first-order valence-corrected chi connectivity index (χ1v) is 10.5. The largest absolute Gasteiger partial charge is 0.478 e. The number of rotatable bonds is 7.